The number of thiophene rings is 1. The Kier molecular flexibility index (Phi) is 4.40. The molecule has 132 valence electrons. The predicted octanol–water partition coefficient (Wildman–Crippen LogP) is 3.20. The Balaban J connectivity index is 1.39. The highest BCUT2D eigenvalue weighted by atomic mass is 32.1. The van der Waals surface area contributed by atoms with E-state index in [2.05, 4.69) is 20.8 Å². The van der Waals surface area contributed by atoms with Crippen LogP contribution >= 0.6 is 11.3 Å². The summed E-state index contributed by atoms with van der Waals surface area (Å²) in [4.78, 5) is 27.3. The van der Waals surface area contributed by atoms with E-state index in [1.807, 2.05) is 47.8 Å². The molecule has 8 heteroatoms. The number of nitrogens with zero attached hydrogens (tertiary/aromatic N) is 2. The average Bonchev–Trinajstić information content (AvgIpc) is 3.35. The molecular formula is C18H17N5O2S. The lowest BCUT2D eigenvalue weighted by molar-refractivity contribution is -0.115. The van der Waals surface area contributed by atoms with E-state index in [1.54, 1.807) is 16.2 Å². The lowest BCUT2D eigenvalue weighted by Gasteiger charge is -2.16. The van der Waals surface area contributed by atoms with Crippen molar-refractivity contribution >= 4 is 34.8 Å². The molecule has 0 aliphatic carbocycles. The largest absolute Gasteiger partial charge is 0.322 e. The second kappa shape index (κ2) is 7.01. The smallest absolute Gasteiger partial charge is 0.314 e. The van der Waals surface area contributed by atoms with Crippen LogP contribution in [0.1, 0.15) is 16.1 Å². The first-order valence-electron chi connectivity index (χ1n) is 8.18. The zero-order valence-electron chi connectivity index (χ0n) is 13.9. The van der Waals surface area contributed by atoms with Crippen molar-refractivity contribution in [2.75, 3.05) is 10.6 Å². The van der Waals surface area contributed by atoms with E-state index in [0.29, 0.717) is 25.3 Å². The monoisotopic (exact) mass is 367 g/mol. The second-order valence-corrected chi connectivity index (χ2v) is 7.01. The SMILES string of the molecule is O=C(Cc1cccs1)Nc1[nH]nc2c1CN(C(=O)Nc1ccccc1)C2. The maximum atomic E-state index is 12.4. The van der Waals surface area contributed by atoms with Gasteiger partial charge in [-0.15, -0.1) is 11.3 Å². The first-order chi connectivity index (χ1) is 12.7. The second-order valence-electron chi connectivity index (χ2n) is 5.98. The highest BCUT2D eigenvalue weighted by Crippen LogP contribution is 2.27. The third-order valence-corrected chi connectivity index (χ3v) is 5.01. The molecule has 4 rings (SSSR count). The van der Waals surface area contributed by atoms with Crippen LogP contribution in [0, 0.1) is 0 Å². The fourth-order valence-corrected chi connectivity index (χ4v) is 3.56. The highest BCUT2D eigenvalue weighted by Gasteiger charge is 2.29. The summed E-state index contributed by atoms with van der Waals surface area (Å²) in [6.07, 6.45) is 0.323. The van der Waals surface area contributed by atoms with E-state index in [1.165, 1.54) is 0 Å². The summed E-state index contributed by atoms with van der Waals surface area (Å²) in [5.41, 5.74) is 2.38. The van der Waals surface area contributed by atoms with E-state index in [4.69, 9.17) is 0 Å². The van der Waals surface area contributed by atoms with Crippen molar-refractivity contribution in [3.8, 4) is 0 Å². The molecule has 0 fully saturated rings. The Morgan fingerprint density at radius 3 is 2.73 bits per heavy atom. The molecule has 3 amide bonds. The van der Waals surface area contributed by atoms with Crippen molar-refractivity contribution in [2.24, 2.45) is 0 Å². The molecule has 2 aromatic heterocycles. The van der Waals surface area contributed by atoms with Crippen molar-refractivity contribution in [2.45, 2.75) is 19.5 Å². The van der Waals surface area contributed by atoms with Gasteiger partial charge in [-0.05, 0) is 23.6 Å². The van der Waals surface area contributed by atoms with Crippen LogP contribution in [0.15, 0.2) is 47.8 Å². The fourth-order valence-electron chi connectivity index (χ4n) is 2.86. The number of hydrogen-bond acceptors (Lipinski definition) is 4. The molecule has 26 heavy (non-hydrogen) atoms. The van der Waals surface area contributed by atoms with Gasteiger partial charge in [0.15, 0.2) is 0 Å². The Hall–Kier alpha value is -3.13. The van der Waals surface area contributed by atoms with Gasteiger partial charge in [0.2, 0.25) is 5.91 Å². The van der Waals surface area contributed by atoms with Crippen molar-refractivity contribution in [3.63, 3.8) is 0 Å². The van der Waals surface area contributed by atoms with E-state index in [0.717, 1.165) is 21.8 Å². The van der Waals surface area contributed by atoms with Gasteiger partial charge in [-0.3, -0.25) is 9.89 Å². The highest BCUT2D eigenvalue weighted by molar-refractivity contribution is 7.10. The van der Waals surface area contributed by atoms with Crippen LogP contribution in [0.2, 0.25) is 0 Å². The molecule has 3 N–H and O–H groups in total. The number of anilines is 2. The molecule has 0 atom stereocenters. The van der Waals surface area contributed by atoms with Gasteiger partial charge in [0.1, 0.15) is 5.82 Å². The van der Waals surface area contributed by atoms with Crippen molar-refractivity contribution in [1.82, 2.24) is 15.1 Å². The Morgan fingerprint density at radius 2 is 1.96 bits per heavy atom. The lowest BCUT2D eigenvalue weighted by Crippen LogP contribution is -2.30. The first-order valence-corrected chi connectivity index (χ1v) is 9.06. The summed E-state index contributed by atoms with van der Waals surface area (Å²) in [6, 6.07) is 13.0. The fraction of sp³-hybridized carbons (Fsp3) is 0.167. The van der Waals surface area contributed by atoms with Crippen LogP contribution in [0.4, 0.5) is 16.3 Å². The number of amides is 3. The van der Waals surface area contributed by atoms with Gasteiger partial charge >= 0.3 is 6.03 Å². The normalized spacial score (nSPS) is 12.7. The third kappa shape index (κ3) is 3.45. The van der Waals surface area contributed by atoms with E-state index >= 15 is 0 Å². The number of aromatic nitrogens is 2. The minimum Gasteiger partial charge on any atom is -0.314 e. The number of nitrogens with one attached hydrogen (secondary N) is 3. The molecule has 1 aliphatic heterocycles. The van der Waals surface area contributed by atoms with Crippen molar-refractivity contribution in [3.05, 3.63) is 64.0 Å². The van der Waals surface area contributed by atoms with Gasteiger partial charge < -0.3 is 15.5 Å². The summed E-state index contributed by atoms with van der Waals surface area (Å²) in [7, 11) is 0. The number of benzene rings is 1. The van der Waals surface area contributed by atoms with Crippen LogP contribution < -0.4 is 10.6 Å². The molecule has 0 bridgehead atoms. The van der Waals surface area contributed by atoms with Gasteiger partial charge in [-0.1, -0.05) is 24.3 Å². The number of hydrogen-bond donors (Lipinski definition) is 3. The zero-order chi connectivity index (χ0) is 17.9. The van der Waals surface area contributed by atoms with Gasteiger partial charge in [0.25, 0.3) is 0 Å². The number of urea groups is 1. The maximum absolute atomic E-state index is 12.4. The first kappa shape index (κ1) is 16.3. The molecule has 0 saturated carbocycles. The van der Waals surface area contributed by atoms with Gasteiger partial charge in [-0.2, -0.15) is 5.10 Å². The quantitative estimate of drug-likeness (QED) is 0.661. The Labute approximate surface area is 154 Å². The molecule has 0 unspecified atom stereocenters. The van der Waals surface area contributed by atoms with Crippen LogP contribution in [0.3, 0.4) is 0 Å². The molecule has 0 radical (unpaired) electrons. The topological polar surface area (TPSA) is 90.1 Å². The van der Waals surface area contributed by atoms with Crippen LogP contribution in [-0.4, -0.2) is 27.0 Å². The summed E-state index contributed by atoms with van der Waals surface area (Å²) < 4.78 is 0. The van der Waals surface area contributed by atoms with Crippen LogP contribution in [-0.2, 0) is 24.3 Å². The number of aromatic amines is 1. The standard InChI is InChI=1S/C18H17N5O2S/c24-16(9-13-7-4-8-26-13)20-17-14-10-23(11-15(14)21-22-17)18(25)19-12-5-2-1-3-6-12/h1-8H,9-11H2,(H,19,25)(H2,20,21,22,24). The van der Waals surface area contributed by atoms with Crippen LogP contribution in [0.5, 0.6) is 0 Å². The van der Waals surface area contributed by atoms with Gasteiger partial charge in [0, 0.05) is 16.1 Å². The van der Waals surface area contributed by atoms with Crippen molar-refractivity contribution < 1.29 is 9.59 Å². The van der Waals surface area contributed by atoms with E-state index in [-0.39, 0.29) is 11.9 Å². The Bertz CT molecular complexity index is 920. The molecule has 3 aromatic rings. The third-order valence-electron chi connectivity index (χ3n) is 4.13. The number of carbonyl (C=O) groups is 2. The minimum absolute atomic E-state index is 0.105. The summed E-state index contributed by atoms with van der Waals surface area (Å²) in [5, 5.41) is 14.8. The number of rotatable bonds is 4. The molecule has 0 saturated heterocycles. The molecule has 7 nitrogen and oxygen atoms in total. The van der Waals surface area contributed by atoms with Gasteiger partial charge in [-0.25, -0.2) is 4.79 Å². The van der Waals surface area contributed by atoms with E-state index in [9.17, 15) is 9.59 Å². The van der Waals surface area contributed by atoms with Crippen LogP contribution in [0.25, 0.3) is 0 Å². The Morgan fingerprint density at radius 1 is 1.12 bits per heavy atom. The predicted molar refractivity (Wildman–Crippen MR) is 99.9 cm³/mol. The summed E-state index contributed by atoms with van der Waals surface area (Å²) >= 11 is 1.55. The van der Waals surface area contributed by atoms with E-state index < -0.39 is 0 Å². The minimum atomic E-state index is -0.190. The number of carbonyl (C=O) groups excluding carboxylic acids is 2. The molecule has 1 aromatic carbocycles. The maximum Gasteiger partial charge on any atom is 0.322 e. The van der Waals surface area contributed by atoms with Crippen molar-refractivity contribution in [1.29, 1.82) is 0 Å². The number of para-hydroxylation sites is 1. The summed E-state index contributed by atoms with van der Waals surface area (Å²) in [5.74, 6) is 0.461. The molecule has 3 heterocycles. The zero-order valence-corrected chi connectivity index (χ0v) is 14.7. The van der Waals surface area contributed by atoms with Gasteiger partial charge in [0.05, 0.1) is 25.2 Å². The molecule has 1 aliphatic rings. The number of fused-ring (bicyclic) bond motifs is 1. The number of H-pyrrole nitrogens is 1. The average molecular weight is 367 g/mol. The molecular weight excluding hydrogens is 350 g/mol. The lowest BCUT2D eigenvalue weighted by atomic mass is 10.2. The summed E-state index contributed by atoms with van der Waals surface area (Å²) in [6.45, 7) is 0.810. The molecule has 0 spiro atoms.